The SMILES string of the molecule is CC(NCC1CC(F)(F)C(=O)O1)C1CCOCC1. The molecule has 2 aliphatic heterocycles. The second-order valence-electron chi connectivity index (χ2n) is 5.08. The first-order valence-corrected chi connectivity index (χ1v) is 6.39. The molecule has 0 spiro atoms. The molecule has 2 heterocycles. The number of carbonyl (C=O) groups is 1. The third kappa shape index (κ3) is 3.17. The fraction of sp³-hybridized carbons (Fsp3) is 0.917. The van der Waals surface area contributed by atoms with Gasteiger partial charge in [0, 0.05) is 25.8 Å². The number of nitrogens with one attached hydrogen (secondary N) is 1. The zero-order valence-electron chi connectivity index (χ0n) is 10.5. The molecule has 0 amide bonds. The van der Waals surface area contributed by atoms with Gasteiger partial charge in [0.2, 0.25) is 0 Å². The van der Waals surface area contributed by atoms with Gasteiger partial charge < -0.3 is 14.8 Å². The molecule has 2 saturated heterocycles. The minimum Gasteiger partial charge on any atom is -0.456 e. The Morgan fingerprint density at radius 1 is 1.44 bits per heavy atom. The summed E-state index contributed by atoms with van der Waals surface area (Å²) in [4.78, 5) is 10.8. The van der Waals surface area contributed by atoms with E-state index in [0.29, 0.717) is 12.5 Å². The van der Waals surface area contributed by atoms with Gasteiger partial charge in [-0.15, -0.1) is 0 Å². The van der Waals surface area contributed by atoms with E-state index in [0.717, 1.165) is 26.1 Å². The molecule has 4 nitrogen and oxygen atoms in total. The number of halogens is 2. The van der Waals surface area contributed by atoms with Gasteiger partial charge in [-0.1, -0.05) is 0 Å². The lowest BCUT2D eigenvalue weighted by Crippen LogP contribution is -2.40. The van der Waals surface area contributed by atoms with Crippen LogP contribution in [0.15, 0.2) is 0 Å². The highest BCUT2D eigenvalue weighted by atomic mass is 19.3. The summed E-state index contributed by atoms with van der Waals surface area (Å²) in [6, 6.07) is 0.224. The number of esters is 1. The van der Waals surface area contributed by atoms with E-state index in [2.05, 4.69) is 10.1 Å². The summed E-state index contributed by atoms with van der Waals surface area (Å²) in [6.07, 6.45) is 0.734. The van der Waals surface area contributed by atoms with Gasteiger partial charge in [0.25, 0.3) is 0 Å². The Labute approximate surface area is 105 Å². The fourth-order valence-electron chi connectivity index (χ4n) is 2.46. The number of hydrogen-bond acceptors (Lipinski definition) is 4. The first-order chi connectivity index (χ1) is 8.49. The summed E-state index contributed by atoms with van der Waals surface area (Å²) in [5.41, 5.74) is 0. The van der Waals surface area contributed by atoms with E-state index >= 15 is 0 Å². The van der Waals surface area contributed by atoms with Crippen molar-refractivity contribution >= 4 is 5.97 Å². The lowest BCUT2D eigenvalue weighted by atomic mass is 9.93. The Hall–Kier alpha value is -0.750. The van der Waals surface area contributed by atoms with Gasteiger partial charge in [0.1, 0.15) is 6.10 Å². The number of cyclic esters (lactones) is 1. The topological polar surface area (TPSA) is 47.6 Å². The normalized spacial score (nSPS) is 30.2. The maximum atomic E-state index is 12.9. The van der Waals surface area contributed by atoms with Crippen molar-refractivity contribution in [3.05, 3.63) is 0 Å². The van der Waals surface area contributed by atoms with Crippen LogP contribution in [0.5, 0.6) is 0 Å². The van der Waals surface area contributed by atoms with Crippen LogP contribution in [0.2, 0.25) is 0 Å². The molecule has 2 fully saturated rings. The first-order valence-electron chi connectivity index (χ1n) is 6.39. The second kappa shape index (κ2) is 5.48. The monoisotopic (exact) mass is 263 g/mol. The lowest BCUT2D eigenvalue weighted by Gasteiger charge is -2.29. The van der Waals surface area contributed by atoms with Crippen molar-refractivity contribution in [3.8, 4) is 0 Å². The Morgan fingerprint density at radius 2 is 2.11 bits per heavy atom. The predicted molar refractivity (Wildman–Crippen MR) is 60.5 cm³/mol. The molecule has 0 aromatic heterocycles. The van der Waals surface area contributed by atoms with Crippen LogP contribution in [0.1, 0.15) is 26.2 Å². The van der Waals surface area contributed by atoms with Crippen molar-refractivity contribution in [2.24, 2.45) is 5.92 Å². The van der Waals surface area contributed by atoms with Crippen LogP contribution in [0.25, 0.3) is 0 Å². The third-order valence-electron chi connectivity index (χ3n) is 3.70. The van der Waals surface area contributed by atoms with E-state index in [1.54, 1.807) is 0 Å². The molecule has 2 aliphatic rings. The maximum Gasteiger partial charge on any atom is 0.377 e. The number of ether oxygens (including phenoxy) is 2. The first kappa shape index (κ1) is 13.7. The number of rotatable bonds is 4. The summed E-state index contributed by atoms with van der Waals surface area (Å²) >= 11 is 0. The van der Waals surface area contributed by atoms with Crippen molar-refractivity contribution in [1.29, 1.82) is 0 Å². The van der Waals surface area contributed by atoms with Gasteiger partial charge in [-0.3, -0.25) is 0 Å². The van der Waals surface area contributed by atoms with Gasteiger partial charge in [-0.25, -0.2) is 4.79 Å². The fourth-order valence-corrected chi connectivity index (χ4v) is 2.46. The van der Waals surface area contributed by atoms with E-state index in [-0.39, 0.29) is 6.04 Å². The molecule has 0 aliphatic carbocycles. The molecule has 2 unspecified atom stereocenters. The van der Waals surface area contributed by atoms with E-state index in [1.165, 1.54) is 0 Å². The number of alkyl halides is 2. The average molecular weight is 263 g/mol. The zero-order valence-corrected chi connectivity index (χ0v) is 10.5. The van der Waals surface area contributed by atoms with Crippen molar-refractivity contribution in [3.63, 3.8) is 0 Å². The van der Waals surface area contributed by atoms with E-state index < -0.39 is 24.4 Å². The highest BCUT2D eigenvalue weighted by Gasteiger charge is 2.50. The molecule has 0 saturated carbocycles. The van der Waals surface area contributed by atoms with Crippen molar-refractivity contribution in [1.82, 2.24) is 5.32 Å². The smallest absolute Gasteiger partial charge is 0.377 e. The molecule has 2 rings (SSSR count). The summed E-state index contributed by atoms with van der Waals surface area (Å²) in [7, 11) is 0. The molecule has 0 radical (unpaired) electrons. The molecule has 0 bridgehead atoms. The summed E-state index contributed by atoms with van der Waals surface area (Å²) in [5, 5.41) is 3.19. The highest BCUT2D eigenvalue weighted by Crippen LogP contribution is 2.30. The minimum absolute atomic E-state index is 0.224. The Kier molecular flexibility index (Phi) is 4.17. The molecule has 104 valence electrons. The molecular formula is C12H19F2NO3. The van der Waals surface area contributed by atoms with Gasteiger partial charge in [-0.05, 0) is 25.7 Å². The number of hydrogen-bond donors (Lipinski definition) is 1. The Bertz CT molecular complexity index is 306. The summed E-state index contributed by atoms with van der Waals surface area (Å²) < 4.78 is 35.8. The van der Waals surface area contributed by atoms with Crippen molar-refractivity contribution in [2.75, 3.05) is 19.8 Å². The minimum atomic E-state index is -3.31. The molecule has 0 aromatic rings. The quantitative estimate of drug-likeness (QED) is 0.778. The van der Waals surface area contributed by atoms with Gasteiger partial charge >= 0.3 is 11.9 Å². The zero-order chi connectivity index (χ0) is 13.2. The van der Waals surface area contributed by atoms with Crippen LogP contribution in [0, 0.1) is 5.92 Å². The predicted octanol–water partition coefficient (Wildman–Crippen LogP) is 1.34. The second-order valence-corrected chi connectivity index (χ2v) is 5.08. The summed E-state index contributed by atoms with van der Waals surface area (Å²) in [5.74, 6) is -4.21. The van der Waals surface area contributed by atoms with Crippen molar-refractivity contribution < 1.29 is 23.0 Å². The largest absolute Gasteiger partial charge is 0.456 e. The standard InChI is InChI=1S/C12H19F2NO3/c1-8(9-2-4-17-5-3-9)15-7-10-6-12(13,14)11(16)18-10/h8-10,15H,2-7H2,1H3. The van der Waals surface area contributed by atoms with Crippen LogP contribution in [-0.4, -0.2) is 43.8 Å². The van der Waals surface area contributed by atoms with Gasteiger partial charge in [0.15, 0.2) is 0 Å². The van der Waals surface area contributed by atoms with E-state index in [1.807, 2.05) is 6.92 Å². The molecule has 18 heavy (non-hydrogen) atoms. The summed E-state index contributed by atoms with van der Waals surface area (Å²) in [6.45, 7) is 3.84. The van der Waals surface area contributed by atoms with Crippen LogP contribution in [0.3, 0.4) is 0 Å². The Balaban J connectivity index is 1.73. The van der Waals surface area contributed by atoms with Crippen molar-refractivity contribution in [2.45, 2.75) is 44.3 Å². The van der Waals surface area contributed by atoms with Crippen LogP contribution in [0.4, 0.5) is 8.78 Å². The van der Waals surface area contributed by atoms with Gasteiger partial charge in [0.05, 0.1) is 6.42 Å². The third-order valence-corrected chi connectivity index (χ3v) is 3.70. The van der Waals surface area contributed by atoms with Gasteiger partial charge in [-0.2, -0.15) is 8.78 Å². The molecule has 6 heteroatoms. The Morgan fingerprint density at radius 3 is 2.67 bits per heavy atom. The van der Waals surface area contributed by atoms with Crippen LogP contribution in [-0.2, 0) is 14.3 Å². The average Bonchev–Trinajstić information content (AvgIpc) is 2.61. The van der Waals surface area contributed by atoms with Crippen LogP contribution >= 0.6 is 0 Å². The number of carbonyl (C=O) groups excluding carboxylic acids is 1. The molecule has 2 atom stereocenters. The molecule has 0 aromatic carbocycles. The molecular weight excluding hydrogens is 244 g/mol. The highest BCUT2D eigenvalue weighted by molar-refractivity contribution is 5.79. The van der Waals surface area contributed by atoms with E-state index in [4.69, 9.17) is 4.74 Å². The van der Waals surface area contributed by atoms with Crippen LogP contribution < -0.4 is 5.32 Å². The van der Waals surface area contributed by atoms with E-state index in [9.17, 15) is 13.6 Å². The molecule has 1 N–H and O–H groups in total. The maximum absolute atomic E-state index is 12.9. The lowest BCUT2D eigenvalue weighted by molar-refractivity contribution is -0.159.